The summed E-state index contributed by atoms with van der Waals surface area (Å²) in [4.78, 5) is 9.72. The molecule has 2 nitrogen and oxygen atoms in total. The van der Waals surface area contributed by atoms with E-state index >= 15 is 0 Å². The summed E-state index contributed by atoms with van der Waals surface area (Å²) in [6, 6.07) is 8.39. The zero-order valence-corrected chi connectivity index (χ0v) is 14.8. The van der Waals surface area contributed by atoms with Gasteiger partial charge in [0.05, 0.1) is 23.2 Å². The molecule has 0 amide bonds. The Balaban J connectivity index is 2.18. The zero-order valence-electron chi connectivity index (χ0n) is 14.8. The number of hydrogen-bond donors (Lipinski definition) is 0. The second-order valence-electron chi connectivity index (χ2n) is 6.49. The van der Waals surface area contributed by atoms with E-state index in [2.05, 4.69) is 57.5 Å². The number of benzene rings is 1. The molecule has 0 N–H and O–H groups in total. The third-order valence-electron chi connectivity index (χ3n) is 5.06. The minimum Gasteiger partial charge on any atom is -0.274 e. The molecule has 0 spiro atoms. The molecule has 25 heavy (non-hydrogen) atoms. The fraction of sp³-hybridized carbons (Fsp3) is 0.217. The minimum absolute atomic E-state index is 0.0742. The van der Waals surface area contributed by atoms with E-state index in [1.54, 1.807) is 6.08 Å². The van der Waals surface area contributed by atoms with Gasteiger partial charge >= 0.3 is 0 Å². The molecule has 1 aromatic rings. The molecule has 0 saturated heterocycles. The third kappa shape index (κ3) is 3.00. The average Bonchev–Trinajstić information content (AvgIpc) is 2.69. The number of aliphatic imine (C=N–C) groups is 2. The fourth-order valence-corrected chi connectivity index (χ4v) is 3.76. The summed E-state index contributed by atoms with van der Waals surface area (Å²) in [5.74, 6) is 0.265. The summed E-state index contributed by atoms with van der Waals surface area (Å²) in [5, 5.41) is 0. The van der Waals surface area contributed by atoms with Crippen molar-refractivity contribution in [3.8, 4) is 0 Å². The molecule has 2 unspecified atom stereocenters. The molecule has 3 rings (SSSR count). The Bertz CT molecular complexity index is 849. The number of allylic oxidation sites excluding steroid dienone is 5. The smallest absolute Gasteiger partial charge is 0.0989 e. The van der Waals surface area contributed by atoms with Crippen LogP contribution in [0.15, 0.2) is 95.6 Å². The zero-order chi connectivity index (χ0) is 18.0. The number of hydrogen-bond acceptors (Lipinski definition) is 2. The second-order valence-corrected chi connectivity index (χ2v) is 6.49. The van der Waals surface area contributed by atoms with Gasteiger partial charge in [-0.2, -0.15) is 0 Å². The first-order chi connectivity index (χ1) is 12.1. The van der Waals surface area contributed by atoms with Crippen LogP contribution in [-0.4, -0.2) is 17.5 Å². The van der Waals surface area contributed by atoms with Crippen molar-refractivity contribution in [2.75, 3.05) is 0 Å². The van der Waals surface area contributed by atoms with Crippen LogP contribution in [0.2, 0.25) is 0 Å². The van der Waals surface area contributed by atoms with Crippen molar-refractivity contribution in [1.29, 1.82) is 0 Å². The van der Waals surface area contributed by atoms with E-state index in [-0.39, 0.29) is 12.0 Å². The molecule has 2 aliphatic heterocycles. The maximum Gasteiger partial charge on any atom is 0.0989 e. The SMILES string of the molecule is C=CC1=NC(=C)C2N=C(C=C)c3ccccc3C2CC/C(C)=C\1C=C. The molecule has 0 fully saturated rings. The molecule has 0 aromatic heterocycles. The lowest BCUT2D eigenvalue weighted by molar-refractivity contribution is 0.539. The maximum atomic E-state index is 4.95. The maximum absolute atomic E-state index is 4.95. The Kier molecular flexibility index (Phi) is 4.80. The first kappa shape index (κ1) is 17.1. The van der Waals surface area contributed by atoms with E-state index in [1.165, 1.54) is 16.7 Å². The van der Waals surface area contributed by atoms with E-state index in [1.807, 2.05) is 12.2 Å². The summed E-state index contributed by atoms with van der Waals surface area (Å²) in [7, 11) is 0. The van der Waals surface area contributed by atoms with Crippen LogP contribution in [0.1, 0.15) is 36.8 Å². The molecule has 1 aromatic carbocycles. The van der Waals surface area contributed by atoms with Crippen LogP contribution >= 0.6 is 0 Å². The van der Waals surface area contributed by atoms with Crippen LogP contribution in [-0.2, 0) is 0 Å². The Hall–Kier alpha value is -2.74. The predicted molar refractivity (Wildman–Crippen MR) is 109 cm³/mol. The van der Waals surface area contributed by atoms with Crippen LogP contribution < -0.4 is 0 Å². The van der Waals surface area contributed by atoms with Gasteiger partial charge in [-0.25, -0.2) is 0 Å². The molecule has 0 radical (unpaired) electrons. The highest BCUT2D eigenvalue weighted by Gasteiger charge is 2.32. The Labute approximate surface area is 150 Å². The summed E-state index contributed by atoms with van der Waals surface area (Å²) >= 11 is 0. The van der Waals surface area contributed by atoms with Crippen molar-refractivity contribution in [3.63, 3.8) is 0 Å². The van der Waals surface area contributed by atoms with Gasteiger partial charge < -0.3 is 0 Å². The third-order valence-corrected chi connectivity index (χ3v) is 5.06. The molecule has 0 aliphatic carbocycles. The quantitative estimate of drug-likeness (QED) is 0.693. The first-order valence-corrected chi connectivity index (χ1v) is 8.62. The number of fused-ring (bicyclic) bond motifs is 3. The van der Waals surface area contributed by atoms with Crippen LogP contribution in [0.5, 0.6) is 0 Å². The van der Waals surface area contributed by atoms with Gasteiger partial charge in [0.15, 0.2) is 0 Å². The van der Waals surface area contributed by atoms with E-state index in [0.29, 0.717) is 0 Å². The van der Waals surface area contributed by atoms with Crippen LogP contribution in [0.4, 0.5) is 0 Å². The summed E-state index contributed by atoms with van der Waals surface area (Å²) in [6.45, 7) is 18.2. The fourth-order valence-electron chi connectivity index (χ4n) is 3.76. The van der Waals surface area contributed by atoms with Gasteiger partial charge in [0, 0.05) is 11.5 Å². The van der Waals surface area contributed by atoms with Crippen molar-refractivity contribution in [2.24, 2.45) is 9.98 Å². The highest BCUT2D eigenvalue weighted by molar-refractivity contribution is 6.12. The van der Waals surface area contributed by atoms with Crippen molar-refractivity contribution in [1.82, 2.24) is 0 Å². The molecule has 2 heterocycles. The molecule has 2 aliphatic rings. The molecular formula is C23H24N2. The summed E-state index contributed by atoms with van der Waals surface area (Å²) < 4.78 is 0. The van der Waals surface area contributed by atoms with E-state index in [0.717, 1.165) is 35.5 Å². The van der Waals surface area contributed by atoms with Gasteiger partial charge in [0.2, 0.25) is 0 Å². The lowest BCUT2D eigenvalue weighted by atomic mass is 9.79. The van der Waals surface area contributed by atoms with Crippen molar-refractivity contribution < 1.29 is 0 Å². The van der Waals surface area contributed by atoms with E-state index in [4.69, 9.17) is 9.98 Å². The Morgan fingerprint density at radius 1 is 1.04 bits per heavy atom. The summed E-state index contributed by atoms with van der Waals surface area (Å²) in [6.07, 6.45) is 7.44. The van der Waals surface area contributed by atoms with Crippen molar-refractivity contribution in [3.05, 3.63) is 96.8 Å². The van der Waals surface area contributed by atoms with Gasteiger partial charge in [0.25, 0.3) is 0 Å². The molecule has 2 atom stereocenters. The molecule has 0 bridgehead atoms. The summed E-state index contributed by atoms with van der Waals surface area (Å²) in [5.41, 5.74) is 7.32. The van der Waals surface area contributed by atoms with Gasteiger partial charge in [-0.05, 0) is 43.1 Å². The molecule has 0 saturated carbocycles. The Morgan fingerprint density at radius 2 is 1.76 bits per heavy atom. The van der Waals surface area contributed by atoms with E-state index in [9.17, 15) is 0 Å². The molecule has 126 valence electrons. The largest absolute Gasteiger partial charge is 0.274 e. The van der Waals surface area contributed by atoms with Crippen molar-refractivity contribution >= 4 is 11.4 Å². The second kappa shape index (κ2) is 7.02. The molecule has 2 heteroatoms. The lowest BCUT2D eigenvalue weighted by Crippen LogP contribution is -2.26. The van der Waals surface area contributed by atoms with Crippen LogP contribution in [0, 0.1) is 0 Å². The van der Waals surface area contributed by atoms with Gasteiger partial charge in [-0.1, -0.05) is 62.2 Å². The van der Waals surface area contributed by atoms with Gasteiger partial charge in [0.1, 0.15) is 0 Å². The normalized spacial score (nSPS) is 26.0. The first-order valence-electron chi connectivity index (χ1n) is 8.62. The predicted octanol–water partition coefficient (Wildman–Crippen LogP) is 5.56. The highest BCUT2D eigenvalue weighted by atomic mass is 14.9. The highest BCUT2D eigenvalue weighted by Crippen LogP contribution is 2.39. The van der Waals surface area contributed by atoms with Crippen LogP contribution in [0.3, 0.4) is 0 Å². The number of nitrogens with zero attached hydrogens (tertiary/aromatic N) is 2. The van der Waals surface area contributed by atoms with E-state index < -0.39 is 0 Å². The minimum atomic E-state index is -0.0742. The van der Waals surface area contributed by atoms with Crippen molar-refractivity contribution in [2.45, 2.75) is 31.7 Å². The average molecular weight is 328 g/mol. The monoisotopic (exact) mass is 328 g/mol. The van der Waals surface area contributed by atoms with Gasteiger partial charge in [-0.15, -0.1) is 0 Å². The lowest BCUT2D eigenvalue weighted by Gasteiger charge is -2.31. The topological polar surface area (TPSA) is 24.7 Å². The standard InChI is InChI=1S/C23H24N2/c1-6-17-15(4)13-14-20-18-11-9-10-12-19(18)22(8-3)25-23(20)16(5)24-21(17)7-2/h6-12,20,23H,1-3,5,13-14H2,4H3/b17-15-,24-21?. The van der Waals surface area contributed by atoms with Gasteiger partial charge in [-0.3, -0.25) is 9.98 Å². The number of rotatable bonds is 3. The Morgan fingerprint density at radius 3 is 2.44 bits per heavy atom. The van der Waals surface area contributed by atoms with Crippen LogP contribution in [0.25, 0.3) is 0 Å². The molecular weight excluding hydrogens is 304 g/mol.